The number of carbonyl (C=O) groups excluding carboxylic acids is 1. The Morgan fingerprint density at radius 3 is 2.87 bits per heavy atom. The zero-order valence-electron chi connectivity index (χ0n) is 12.4. The molecule has 0 unspecified atom stereocenters. The molecular weight excluding hydrogens is 314 g/mol. The fraction of sp³-hybridized carbons (Fsp3) is 0.125. The summed E-state index contributed by atoms with van der Waals surface area (Å²) in [4.78, 5) is 16.4. The van der Waals surface area contributed by atoms with Crippen LogP contribution in [0, 0.1) is 6.92 Å². The Bertz CT molecular complexity index is 851. The lowest BCUT2D eigenvalue weighted by atomic mass is 10.0. The van der Waals surface area contributed by atoms with E-state index in [0.29, 0.717) is 11.0 Å². The fourth-order valence-corrected chi connectivity index (χ4v) is 2.30. The summed E-state index contributed by atoms with van der Waals surface area (Å²) in [6.07, 6.45) is 2.01. The number of nitrogens with zero attached hydrogens (tertiary/aromatic N) is 3. The van der Waals surface area contributed by atoms with E-state index in [1.807, 2.05) is 31.2 Å². The van der Waals surface area contributed by atoms with Crippen LogP contribution in [0.25, 0.3) is 10.9 Å². The van der Waals surface area contributed by atoms with E-state index in [0.717, 1.165) is 22.0 Å². The van der Waals surface area contributed by atoms with Crippen molar-refractivity contribution in [3.8, 4) is 0 Å². The average molecular weight is 328 g/mol. The molecule has 116 valence electrons. The normalized spacial score (nSPS) is 10.5. The van der Waals surface area contributed by atoms with E-state index in [1.54, 1.807) is 18.3 Å². The number of halogens is 1. The van der Waals surface area contributed by atoms with Crippen LogP contribution in [0.5, 0.6) is 0 Å². The van der Waals surface area contributed by atoms with E-state index >= 15 is 0 Å². The number of rotatable bonds is 4. The van der Waals surface area contributed by atoms with E-state index < -0.39 is 0 Å². The fourth-order valence-electron chi connectivity index (χ4n) is 2.20. The van der Waals surface area contributed by atoms with Gasteiger partial charge in [-0.25, -0.2) is 0 Å². The highest BCUT2D eigenvalue weighted by molar-refractivity contribution is 6.29. The van der Waals surface area contributed by atoms with E-state index in [-0.39, 0.29) is 12.3 Å². The number of hydrazine groups is 1. The second kappa shape index (κ2) is 6.58. The van der Waals surface area contributed by atoms with Gasteiger partial charge in [0.05, 0.1) is 11.9 Å². The minimum atomic E-state index is -0.173. The number of nitrogens with one attached hydrogen (secondary N) is 2. The number of aryl methyl sites for hydroxylation is 1. The second-order valence-electron chi connectivity index (χ2n) is 5.07. The lowest BCUT2D eigenvalue weighted by Gasteiger charge is -2.10. The molecule has 2 aromatic heterocycles. The summed E-state index contributed by atoms with van der Waals surface area (Å²) >= 11 is 5.65. The zero-order valence-corrected chi connectivity index (χ0v) is 13.1. The maximum Gasteiger partial charge on any atom is 0.242 e. The molecule has 2 N–H and O–H groups in total. The van der Waals surface area contributed by atoms with E-state index in [4.69, 9.17) is 11.6 Å². The number of aromatic nitrogens is 3. The monoisotopic (exact) mass is 327 g/mol. The van der Waals surface area contributed by atoms with E-state index in [2.05, 4.69) is 26.0 Å². The van der Waals surface area contributed by atoms with Crippen molar-refractivity contribution in [3.63, 3.8) is 0 Å². The third-order valence-electron chi connectivity index (χ3n) is 3.37. The predicted octanol–water partition coefficient (Wildman–Crippen LogP) is 2.67. The highest BCUT2D eigenvalue weighted by atomic mass is 35.5. The molecule has 0 radical (unpaired) electrons. The number of benzene rings is 1. The quantitative estimate of drug-likeness (QED) is 0.720. The molecular formula is C16H14ClN5O. The lowest BCUT2D eigenvalue weighted by molar-refractivity contribution is -0.119. The molecule has 2 heterocycles. The molecule has 1 amide bonds. The minimum absolute atomic E-state index is 0.173. The van der Waals surface area contributed by atoms with Crippen LogP contribution in [0.15, 0.2) is 42.6 Å². The summed E-state index contributed by atoms with van der Waals surface area (Å²) < 4.78 is 0. The maximum absolute atomic E-state index is 12.1. The topological polar surface area (TPSA) is 79.8 Å². The molecule has 1 aromatic carbocycles. The Kier molecular flexibility index (Phi) is 4.34. The average Bonchev–Trinajstić information content (AvgIpc) is 2.55. The summed E-state index contributed by atoms with van der Waals surface area (Å²) in [5.41, 5.74) is 8.19. The Labute approximate surface area is 137 Å². The van der Waals surface area contributed by atoms with Crippen LogP contribution < -0.4 is 10.9 Å². The second-order valence-corrected chi connectivity index (χ2v) is 5.45. The number of anilines is 1. The Morgan fingerprint density at radius 2 is 2.09 bits per heavy atom. The first-order valence-corrected chi connectivity index (χ1v) is 7.38. The van der Waals surface area contributed by atoms with Crippen LogP contribution in [0.2, 0.25) is 5.15 Å². The smallest absolute Gasteiger partial charge is 0.242 e. The van der Waals surface area contributed by atoms with Crippen LogP contribution >= 0.6 is 11.6 Å². The molecule has 0 aliphatic rings. The first-order chi connectivity index (χ1) is 11.1. The third-order valence-corrected chi connectivity index (χ3v) is 3.58. The van der Waals surface area contributed by atoms with Crippen LogP contribution in [-0.4, -0.2) is 21.1 Å². The van der Waals surface area contributed by atoms with Crippen molar-refractivity contribution in [2.75, 3.05) is 5.43 Å². The molecule has 7 heteroatoms. The van der Waals surface area contributed by atoms with Gasteiger partial charge in [0.2, 0.25) is 5.91 Å². The van der Waals surface area contributed by atoms with Crippen LogP contribution in [0.4, 0.5) is 5.82 Å². The molecule has 0 spiro atoms. The molecule has 0 bridgehead atoms. The van der Waals surface area contributed by atoms with Crippen molar-refractivity contribution < 1.29 is 4.79 Å². The summed E-state index contributed by atoms with van der Waals surface area (Å²) in [5.74, 6) is 0.246. The number of fused-ring (bicyclic) bond motifs is 1. The molecule has 0 aliphatic carbocycles. The Morgan fingerprint density at radius 1 is 1.22 bits per heavy atom. The van der Waals surface area contributed by atoms with Crippen molar-refractivity contribution >= 4 is 34.2 Å². The SMILES string of the molecule is Cc1cc2ncccc2cc1CC(=O)NNc1ccc(Cl)nn1. The molecule has 0 aliphatic heterocycles. The van der Waals surface area contributed by atoms with E-state index in [9.17, 15) is 4.79 Å². The first kappa shape index (κ1) is 15.2. The highest BCUT2D eigenvalue weighted by Crippen LogP contribution is 2.18. The van der Waals surface area contributed by atoms with Crippen LogP contribution in [0.1, 0.15) is 11.1 Å². The van der Waals surface area contributed by atoms with Gasteiger partial charge in [0.1, 0.15) is 0 Å². The van der Waals surface area contributed by atoms with Crippen molar-refractivity contribution in [1.29, 1.82) is 0 Å². The van der Waals surface area contributed by atoms with Gasteiger partial charge in [0, 0.05) is 11.6 Å². The van der Waals surface area contributed by atoms with Gasteiger partial charge in [0.15, 0.2) is 11.0 Å². The van der Waals surface area contributed by atoms with Crippen molar-refractivity contribution in [2.45, 2.75) is 13.3 Å². The van der Waals surface area contributed by atoms with Crippen LogP contribution in [0.3, 0.4) is 0 Å². The standard InChI is InChI=1S/C16H14ClN5O/c1-10-7-13-11(3-2-6-18-13)8-12(10)9-16(23)22-21-15-5-4-14(17)19-20-15/h2-8H,9H2,1H3,(H,20,21)(H,22,23). The molecule has 0 saturated heterocycles. The third kappa shape index (κ3) is 3.73. The molecule has 0 atom stereocenters. The van der Waals surface area contributed by atoms with Crippen LogP contribution in [-0.2, 0) is 11.2 Å². The number of pyridine rings is 1. The number of hydrogen-bond donors (Lipinski definition) is 2. The summed E-state index contributed by atoms with van der Waals surface area (Å²) in [6.45, 7) is 1.97. The van der Waals surface area contributed by atoms with Gasteiger partial charge >= 0.3 is 0 Å². The molecule has 3 aromatic rings. The largest absolute Gasteiger partial charge is 0.280 e. The molecule has 23 heavy (non-hydrogen) atoms. The van der Waals surface area contributed by atoms with Gasteiger partial charge in [-0.05, 0) is 48.4 Å². The van der Waals surface area contributed by atoms with Crippen molar-refractivity contribution in [1.82, 2.24) is 20.6 Å². The van der Waals surface area contributed by atoms with Gasteiger partial charge in [0.25, 0.3) is 0 Å². The van der Waals surface area contributed by atoms with E-state index in [1.165, 1.54) is 0 Å². The molecule has 3 rings (SSSR count). The number of carbonyl (C=O) groups is 1. The van der Waals surface area contributed by atoms with Gasteiger partial charge < -0.3 is 0 Å². The maximum atomic E-state index is 12.1. The highest BCUT2D eigenvalue weighted by Gasteiger charge is 2.08. The lowest BCUT2D eigenvalue weighted by Crippen LogP contribution is -2.31. The van der Waals surface area contributed by atoms with Gasteiger partial charge in [-0.15, -0.1) is 10.2 Å². The molecule has 0 saturated carbocycles. The summed E-state index contributed by atoms with van der Waals surface area (Å²) in [6, 6.07) is 11.0. The summed E-state index contributed by atoms with van der Waals surface area (Å²) in [5, 5.41) is 8.79. The number of hydrogen-bond acceptors (Lipinski definition) is 5. The summed E-state index contributed by atoms with van der Waals surface area (Å²) in [7, 11) is 0. The van der Waals surface area contributed by atoms with Crippen molar-refractivity contribution in [2.24, 2.45) is 0 Å². The zero-order chi connectivity index (χ0) is 16.2. The predicted molar refractivity (Wildman–Crippen MR) is 89.0 cm³/mol. The van der Waals surface area contributed by atoms with Gasteiger partial charge in [-0.1, -0.05) is 17.7 Å². The van der Waals surface area contributed by atoms with Gasteiger partial charge in [-0.3, -0.25) is 20.6 Å². The Hall–Kier alpha value is -2.73. The minimum Gasteiger partial charge on any atom is -0.280 e. The Balaban J connectivity index is 1.67. The van der Waals surface area contributed by atoms with Gasteiger partial charge in [-0.2, -0.15) is 0 Å². The number of amides is 1. The molecule has 6 nitrogen and oxygen atoms in total. The van der Waals surface area contributed by atoms with Crippen molar-refractivity contribution in [3.05, 3.63) is 58.9 Å². The first-order valence-electron chi connectivity index (χ1n) is 7.00. The molecule has 0 fully saturated rings.